The van der Waals surface area contributed by atoms with E-state index < -0.39 is 18.0 Å². The topological polar surface area (TPSA) is 227 Å². The fourth-order valence-corrected chi connectivity index (χ4v) is 2.76. The first kappa shape index (κ1) is 34.9. The number of nitrogens with zero attached hydrogens (tertiary/aromatic N) is 1. The second-order valence-electron chi connectivity index (χ2n) is 8.07. The summed E-state index contributed by atoms with van der Waals surface area (Å²) in [5.74, 6) is -0.0256. The van der Waals surface area contributed by atoms with E-state index in [2.05, 4.69) is 16.0 Å². The Hall–Kier alpha value is -4.11. The van der Waals surface area contributed by atoms with Crippen LogP contribution in [0.2, 0.25) is 0 Å². The highest BCUT2D eigenvalue weighted by Gasteiger charge is 2.10. The molecule has 0 fully saturated rings. The number of amides is 4. The zero-order valence-corrected chi connectivity index (χ0v) is 22.1. The molecule has 2 rings (SSSR count). The number of nitrogens with one attached hydrogen (secondary N) is 3. The van der Waals surface area contributed by atoms with Gasteiger partial charge in [0.1, 0.15) is 36.6 Å². The highest BCUT2D eigenvalue weighted by molar-refractivity contribution is 5.95. The summed E-state index contributed by atoms with van der Waals surface area (Å²) < 4.78 is 11.2. The molecule has 1 unspecified atom stereocenters. The highest BCUT2D eigenvalue weighted by atomic mass is 16.5. The molecule has 0 saturated carbocycles. The predicted octanol–water partition coefficient (Wildman–Crippen LogP) is -1.43. The molecule has 0 aliphatic heterocycles. The lowest BCUT2D eigenvalue weighted by Crippen LogP contribution is -2.36. The highest BCUT2D eigenvalue weighted by Crippen LogP contribution is 2.22. The van der Waals surface area contributed by atoms with Gasteiger partial charge in [-0.25, -0.2) is 4.79 Å². The van der Waals surface area contributed by atoms with Crippen LogP contribution in [0.1, 0.15) is 15.9 Å². The molecule has 0 aromatic heterocycles. The Labute approximate surface area is 227 Å². The van der Waals surface area contributed by atoms with Crippen molar-refractivity contribution in [2.45, 2.75) is 12.6 Å². The van der Waals surface area contributed by atoms with Gasteiger partial charge in [-0.05, 0) is 24.3 Å². The normalized spacial score (nSPS) is 10.6. The molecule has 10 N–H and O–H groups in total. The van der Waals surface area contributed by atoms with Gasteiger partial charge < -0.3 is 56.9 Å². The summed E-state index contributed by atoms with van der Waals surface area (Å²) in [6.45, 7) is 1.25. The molecule has 39 heavy (non-hydrogen) atoms. The molecule has 0 saturated heterocycles. The molecule has 0 radical (unpaired) electrons. The summed E-state index contributed by atoms with van der Waals surface area (Å²) in [5.41, 5.74) is 5.91. The molecule has 1 atom stereocenters. The van der Waals surface area contributed by atoms with Crippen molar-refractivity contribution < 1.29 is 44.7 Å². The smallest absolute Gasteiger partial charge is 0.315 e. The molecular formula is C25H39N5O9. The van der Waals surface area contributed by atoms with E-state index >= 15 is 0 Å². The first-order chi connectivity index (χ1) is 18.2. The summed E-state index contributed by atoms with van der Waals surface area (Å²) in [6.07, 6.45) is -0.0333. The summed E-state index contributed by atoms with van der Waals surface area (Å²) in [4.78, 5) is 33.7. The summed E-state index contributed by atoms with van der Waals surface area (Å²) in [5, 5.41) is 36.6. The average molecular weight is 554 g/mol. The number of aromatic hydroxyl groups is 1. The number of phenols is 1. The van der Waals surface area contributed by atoms with Crippen LogP contribution in [0, 0.1) is 0 Å². The Morgan fingerprint density at radius 3 is 2.44 bits per heavy atom. The molecular weight excluding hydrogens is 514 g/mol. The van der Waals surface area contributed by atoms with Crippen LogP contribution in [0.4, 0.5) is 4.79 Å². The number of aliphatic hydroxyl groups excluding tert-OH is 2. The number of urea groups is 1. The first-order valence-corrected chi connectivity index (χ1v) is 11.8. The Balaban J connectivity index is 0.00000220. The molecule has 4 amide bonds. The number of ether oxygens (including phenoxy) is 2. The van der Waals surface area contributed by atoms with Gasteiger partial charge in [0.05, 0.1) is 12.2 Å². The second kappa shape index (κ2) is 19.9. The molecule has 0 spiro atoms. The van der Waals surface area contributed by atoms with Crippen LogP contribution in [0.25, 0.3) is 0 Å². The van der Waals surface area contributed by atoms with Crippen LogP contribution in [0.5, 0.6) is 17.2 Å². The Bertz CT molecular complexity index is 1010. The van der Waals surface area contributed by atoms with E-state index in [-0.39, 0.29) is 56.2 Å². The van der Waals surface area contributed by atoms with Crippen molar-refractivity contribution in [1.82, 2.24) is 20.9 Å². The molecule has 14 nitrogen and oxygen atoms in total. The second-order valence-corrected chi connectivity index (χ2v) is 8.07. The van der Waals surface area contributed by atoms with Crippen molar-refractivity contribution in [3.05, 3.63) is 53.6 Å². The predicted molar refractivity (Wildman–Crippen MR) is 144 cm³/mol. The molecule has 0 heterocycles. The monoisotopic (exact) mass is 553 g/mol. The van der Waals surface area contributed by atoms with E-state index in [4.69, 9.17) is 20.3 Å². The van der Waals surface area contributed by atoms with Gasteiger partial charge in [-0.3, -0.25) is 9.59 Å². The number of carbonyl (C=O) groups excluding carboxylic acids is 3. The van der Waals surface area contributed by atoms with Gasteiger partial charge in [-0.15, -0.1) is 0 Å². The molecule has 14 heteroatoms. The quantitative estimate of drug-likeness (QED) is 0.101. The van der Waals surface area contributed by atoms with Crippen LogP contribution in [0.3, 0.4) is 0 Å². The van der Waals surface area contributed by atoms with Crippen molar-refractivity contribution in [3.8, 4) is 17.2 Å². The largest absolute Gasteiger partial charge is 0.507 e. The van der Waals surface area contributed by atoms with E-state index in [1.54, 1.807) is 32.3 Å². The number of primary amides is 1. The number of aliphatic hydroxyl groups is 2. The lowest BCUT2D eigenvalue weighted by atomic mass is 10.2. The van der Waals surface area contributed by atoms with Crippen molar-refractivity contribution >= 4 is 18.3 Å². The van der Waals surface area contributed by atoms with Crippen molar-refractivity contribution in [2.24, 2.45) is 5.73 Å². The van der Waals surface area contributed by atoms with Crippen LogP contribution in [-0.2, 0) is 11.3 Å². The van der Waals surface area contributed by atoms with Gasteiger partial charge in [0, 0.05) is 45.8 Å². The Kier molecular flexibility index (Phi) is 17.8. The number of carbonyl (C=O) groups is 3. The number of hydrogen-bond donors (Lipinski definition) is 7. The third-order valence-electron chi connectivity index (χ3n) is 4.61. The molecule has 0 aliphatic carbocycles. The maximum atomic E-state index is 11.6. The zero-order chi connectivity index (χ0) is 28.3. The number of rotatable bonds is 15. The van der Waals surface area contributed by atoms with Crippen LogP contribution in [-0.4, -0.2) is 104 Å². The minimum atomic E-state index is -0.783. The molecule has 218 valence electrons. The Morgan fingerprint density at radius 1 is 1.10 bits per heavy atom. The number of para-hydroxylation sites is 1. The maximum Gasteiger partial charge on any atom is 0.315 e. The molecule has 2 aromatic rings. The van der Waals surface area contributed by atoms with E-state index in [0.29, 0.717) is 18.0 Å². The molecule has 2 aromatic carbocycles. The summed E-state index contributed by atoms with van der Waals surface area (Å²) >= 11 is 0. The van der Waals surface area contributed by atoms with Gasteiger partial charge in [-0.1, -0.05) is 18.2 Å². The van der Waals surface area contributed by atoms with E-state index in [1.807, 2.05) is 6.07 Å². The zero-order valence-electron chi connectivity index (χ0n) is 22.1. The number of benzene rings is 2. The molecule has 0 aliphatic rings. The van der Waals surface area contributed by atoms with Gasteiger partial charge in [0.15, 0.2) is 0 Å². The number of nitrogens with two attached hydrogens (primary N) is 1. The minimum absolute atomic E-state index is 0. The van der Waals surface area contributed by atoms with Crippen LogP contribution < -0.4 is 31.2 Å². The van der Waals surface area contributed by atoms with Gasteiger partial charge >= 0.3 is 6.03 Å². The third kappa shape index (κ3) is 15.0. The van der Waals surface area contributed by atoms with Crippen LogP contribution in [0.15, 0.2) is 42.5 Å². The fourth-order valence-electron chi connectivity index (χ4n) is 2.76. The summed E-state index contributed by atoms with van der Waals surface area (Å²) in [6, 6.07) is 11.0. The number of hydrogen-bond acceptors (Lipinski definition) is 9. The van der Waals surface area contributed by atoms with E-state index in [0.717, 1.165) is 12.0 Å². The van der Waals surface area contributed by atoms with Gasteiger partial charge in [0.25, 0.3) is 5.91 Å². The Morgan fingerprint density at radius 2 is 1.79 bits per heavy atom. The lowest BCUT2D eigenvalue weighted by Gasteiger charge is -2.16. The maximum absolute atomic E-state index is 11.6. The van der Waals surface area contributed by atoms with Crippen molar-refractivity contribution in [1.29, 1.82) is 0 Å². The van der Waals surface area contributed by atoms with Gasteiger partial charge in [0.2, 0.25) is 6.41 Å². The van der Waals surface area contributed by atoms with Crippen molar-refractivity contribution in [2.75, 3.05) is 53.6 Å². The third-order valence-corrected chi connectivity index (χ3v) is 4.61. The SMILES string of the molecule is CN(C)C=O.NC(=O)c1cc(OCCNCC(O)COc2ccccc2CNC(=O)NCCO)ccc1O.O. The fraction of sp³-hybridized carbons (Fsp3) is 0.400. The lowest BCUT2D eigenvalue weighted by molar-refractivity contribution is -0.115. The first-order valence-electron chi connectivity index (χ1n) is 11.8. The average Bonchev–Trinajstić information content (AvgIpc) is 2.90. The van der Waals surface area contributed by atoms with E-state index in [1.165, 1.54) is 23.1 Å². The summed E-state index contributed by atoms with van der Waals surface area (Å²) in [7, 11) is 3.38. The molecule has 0 bridgehead atoms. The van der Waals surface area contributed by atoms with Crippen molar-refractivity contribution in [3.63, 3.8) is 0 Å². The van der Waals surface area contributed by atoms with Gasteiger partial charge in [-0.2, -0.15) is 0 Å². The standard InChI is InChI=1S/C22H30N4O7.C3H7NO.H2O/c23-21(30)18-11-17(5-6-19(18)29)32-10-8-24-13-16(28)14-33-20-4-2-1-3-15(20)12-26-22(31)25-7-9-27;1-4(2)3-5;/h1-6,11,16,24,27-29H,7-10,12-14H2,(H2,23,30)(H2,25,26,31);3H,1-2H3;1H2. The van der Waals surface area contributed by atoms with E-state index in [9.17, 15) is 24.6 Å². The van der Waals surface area contributed by atoms with Crippen LogP contribution >= 0.6 is 0 Å². The minimum Gasteiger partial charge on any atom is -0.507 e.